The number of hydrogen-bond donors (Lipinski definition) is 3. The van der Waals surface area contributed by atoms with E-state index in [9.17, 15) is 0 Å². The van der Waals surface area contributed by atoms with Crippen LogP contribution in [0.5, 0.6) is 0 Å². The second-order valence-electron chi connectivity index (χ2n) is 3.84. The van der Waals surface area contributed by atoms with Gasteiger partial charge in [0.2, 0.25) is 0 Å². The fraction of sp³-hybridized carbons (Fsp3) is 1.00. The minimum Gasteiger partial charge on any atom is -0.396 e. The van der Waals surface area contributed by atoms with Crippen molar-refractivity contribution in [1.82, 2.24) is 5.32 Å². The molecule has 0 heterocycles. The molecule has 0 aromatic heterocycles. The molecule has 0 aliphatic heterocycles. The van der Waals surface area contributed by atoms with Gasteiger partial charge in [0.05, 0.1) is 6.17 Å². The highest BCUT2D eigenvalue weighted by molar-refractivity contribution is 4.58. The van der Waals surface area contributed by atoms with Crippen molar-refractivity contribution in [2.24, 2.45) is 5.73 Å². The molecule has 4 N–H and O–H groups in total. The van der Waals surface area contributed by atoms with E-state index in [0.717, 1.165) is 32.2 Å². The molecule has 0 spiro atoms. The molecule has 0 bridgehead atoms. The third-order valence-electron chi connectivity index (χ3n) is 2.36. The van der Waals surface area contributed by atoms with Crippen LogP contribution in [0.15, 0.2) is 0 Å². The van der Waals surface area contributed by atoms with Crippen molar-refractivity contribution in [2.45, 2.75) is 58.0 Å². The minimum atomic E-state index is 0.163. The van der Waals surface area contributed by atoms with Crippen molar-refractivity contribution in [3.05, 3.63) is 0 Å². The van der Waals surface area contributed by atoms with E-state index in [1.165, 1.54) is 19.3 Å². The summed E-state index contributed by atoms with van der Waals surface area (Å²) in [5, 5.41) is 11.9. The first-order valence-electron chi connectivity index (χ1n) is 5.91. The quantitative estimate of drug-likeness (QED) is 0.372. The molecule has 0 amide bonds. The van der Waals surface area contributed by atoms with E-state index in [1.54, 1.807) is 0 Å². The third kappa shape index (κ3) is 9.96. The topological polar surface area (TPSA) is 58.3 Å². The average molecular weight is 202 g/mol. The summed E-state index contributed by atoms with van der Waals surface area (Å²) in [6.45, 7) is 3.49. The van der Waals surface area contributed by atoms with Crippen LogP contribution in [0, 0.1) is 0 Å². The van der Waals surface area contributed by atoms with Gasteiger partial charge in [-0.3, -0.25) is 0 Å². The lowest BCUT2D eigenvalue weighted by Gasteiger charge is -2.13. The molecular weight excluding hydrogens is 176 g/mol. The van der Waals surface area contributed by atoms with Crippen LogP contribution in [-0.4, -0.2) is 24.4 Å². The Bertz CT molecular complexity index is 109. The van der Waals surface area contributed by atoms with Gasteiger partial charge in [0, 0.05) is 6.61 Å². The molecule has 86 valence electrons. The summed E-state index contributed by atoms with van der Waals surface area (Å²) in [5.74, 6) is 0. The maximum absolute atomic E-state index is 8.57. The van der Waals surface area contributed by atoms with Gasteiger partial charge in [-0.25, -0.2) is 0 Å². The zero-order valence-electron chi connectivity index (χ0n) is 9.47. The maximum atomic E-state index is 8.57. The molecule has 0 fully saturated rings. The van der Waals surface area contributed by atoms with Gasteiger partial charge < -0.3 is 16.2 Å². The van der Waals surface area contributed by atoms with Gasteiger partial charge in [0.25, 0.3) is 0 Å². The van der Waals surface area contributed by atoms with E-state index >= 15 is 0 Å². The normalized spacial score (nSPS) is 13.1. The smallest absolute Gasteiger partial charge is 0.0546 e. The fourth-order valence-electron chi connectivity index (χ4n) is 1.42. The molecule has 1 unspecified atom stereocenters. The van der Waals surface area contributed by atoms with Gasteiger partial charge in [-0.1, -0.05) is 26.2 Å². The fourth-order valence-corrected chi connectivity index (χ4v) is 1.42. The lowest BCUT2D eigenvalue weighted by molar-refractivity contribution is 0.282. The molecule has 0 aliphatic carbocycles. The van der Waals surface area contributed by atoms with Gasteiger partial charge in [-0.05, 0) is 32.2 Å². The molecule has 1 atom stereocenters. The van der Waals surface area contributed by atoms with Crippen LogP contribution in [0.3, 0.4) is 0 Å². The van der Waals surface area contributed by atoms with Crippen LogP contribution in [-0.2, 0) is 0 Å². The lowest BCUT2D eigenvalue weighted by Crippen LogP contribution is -2.37. The van der Waals surface area contributed by atoms with Crippen LogP contribution in [0.25, 0.3) is 0 Å². The van der Waals surface area contributed by atoms with Gasteiger partial charge in [0.1, 0.15) is 0 Å². The highest BCUT2D eigenvalue weighted by Gasteiger charge is 1.99. The number of hydrogen-bond acceptors (Lipinski definition) is 3. The van der Waals surface area contributed by atoms with Crippen LogP contribution in [0.2, 0.25) is 0 Å². The number of unbranched alkanes of at least 4 members (excludes halogenated alkanes) is 4. The first-order chi connectivity index (χ1) is 6.81. The average Bonchev–Trinajstić information content (AvgIpc) is 2.18. The van der Waals surface area contributed by atoms with Crippen molar-refractivity contribution in [3.63, 3.8) is 0 Å². The SMILES string of the molecule is CCCCCC(N)NCCCCCO. The molecule has 0 saturated carbocycles. The molecule has 0 aliphatic rings. The Labute approximate surface area is 88.1 Å². The van der Waals surface area contributed by atoms with E-state index in [1.807, 2.05) is 0 Å². The maximum Gasteiger partial charge on any atom is 0.0546 e. The van der Waals surface area contributed by atoms with Gasteiger partial charge in [-0.2, -0.15) is 0 Å². The van der Waals surface area contributed by atoms with E-state index in [2.05, 4.69) is 12.2 Å². The van der Waals surface area contributed by atoms with Gasteiger partial charge in [-0.15, -0.1) is 0 Å². The molecule has 14 heavy (non-hydrogen) atoms. The zero-order valence-corrected chi connectivity index (χ0v) is 9.47. The Morgan fingerprint density at radius 2 is 1.93 bits per heavy atom. The van der Waals surface area contributed by atoms with Crippen molar-refractivity contribution in [3.8, 4) is 0 Å². The molecule has 0 rings (SSSR count). The highest BCUT2D eigenvalue weighted by Crippen LogP contribution is 2.00. The molecule has 0 saturated heterocycles. The number of nitrogens with one attached hydrogen (secondary N) is 1. The summed E-state index contributed by atoms with van der Waals surface area (Å²) >= 11 is 0. The first kappa shape index (κ1) is 13.9. The third-order valence-corrected chi connectivity index (χ3v) is 2.36. The number of aliphatic hydroxyl groups excluding tert-OH is 1. The predicted octanol–water partition coefficient (Wildman–Crippen LogP) is 1.60. The molecule has 3 heteroatoms. The highest BCUT2D eigenvalue weighted by atomic mass is 16.2. The van der Waals surface area contributed by atoms with Crippen LogP contribution in [0.1, 0.15) is 51.9 Å². The van der Waals surface area contributed by atoms with Gasteiger partial charge in [0.15, 0.2) is 0 Å². The van der Waals surface area contributed by atoms with E-state index < -0.39 is 0 Å². The number of nitrogens with two attached hydrogens (primary N) is 1. The van der Waals surface area contributed by atoms with Crippen molar-refractivity contribution >= 4 is 0 Å². The predicted molar refractivity (Wildman–Crippen MR) is 61.1 cm³/mol. The summed E-state index contributed by atoms with van der Waals surface area (Å²) in [4.78, 5) is 0. The molecule has 0 radical (unpaired) electrons. The van der Waals surface area contributed by atoms with Crippen LogP contribution < -0.4 is 11.1 Å². The Morgan fingerprint density at radius 1 is 1.14 bits per heavy atom. The monoisotopic (exact) mass is 202 g/mol. The molecule has 0 aromatic rings. The standard InChI is InChI=1S/C11H26N2O/c1-2-3-5-8-11(12)13-9-6-4-7-10-14/h11,13-14H,2-10,12H2,1H3. The Balaban J connectivity index is 3.06. The Kier molecular flexibility index (Phi) is 10.9. The zero-order chi connectivity index (χ0) is 10.6. The summed E-state index contributed by atoms with van der Waals surface area (Å²) in [7, 11) is 0. The van der Waals surface area contributed by atoms with E-state index in [-0.39, 0.29) is 6.17 Å². The summed E-state index contributed by atoms with van der Waals surface area (Å²) in [6.07, 6.45) is 8.11. The summed E-state index contributed by atoms with van der Waals surface area (Å²) in [5.41, 5.74) is 5.87. The Hall–Kier alpha value is -0.120. The first-order valence-corrected chi connectivity index (χ1v) is 5.91. The van der Waals surface area contributed by atoms with Crippen molar-refractivity contribution < 1.29 is 5.11 Å². The summed E-state index contributed by atoms with van der Waals surface area (Å²) in [6, 6.07) is 0. The summed E-state index contributed by atoms with van der Waals surface area (Å²) < 4.78 is 0. The van der Waals surface area contributed by atoms with Crippen LogP contribution in [0.4, 0.5) is 0 Å². The minimum absolute atomic E-state index is 0.163. The second-order valence-corrected chi connectivity index (χ2v) is 3.84. The van der Waals surface area contributed by atoms with Crippen LogP contribution >= 0.6 is 0 Å². The molecule has 3 nitrogen and oxygen atoms in total. The van der Waals surface area contributed by atoms with Gasteiger partial charge >= 0.3 is 0 Å². The molecular formula is C11H26N2O. The van der Waals surface area contributed by atoms with Crippen molar-refractivity contribution in [2.75, 3.05) is 13.2 Å². The van der Waals surface area contributed by atoms with E-state index in [0.29, 0.717) is 6.61 Å². The van der Waals surface area contributed by atoms with Crippen molar-refractivity contribution in [1.29, 1.82) is 0 Å². The lowest BCUT2D eigenvalue weighted by atomic mass is 10.1. The Morgan fingerprint density at radius 3 is 2.57 bits per heavy atom. The largest absolute Gasteiger partial charge is 0.396 e. The number of rotatable bonds is 10. The molecule has 0 aromatic carbocycles. The second kappa shape index (κ2) is 11.0. The number of aliphatic hydroxyl groups is 1. The van der Waals surface area contributed by atoms with E-state index in [4.69, 9.17) is 10.8 Å².